The van der Waals surface area contributed by atoms with Crippen LogP contribution in [-0.2, 0) is 16.1 Å². The zero-order valence-corrected chi connectivity index (χ0v) is 26.6. The molecular formula is C33H31N3O9S. The van der Waals surface area contributed by atoms with Crippen molar-refractivity contribution in [2.45, 2.75) is 26.5 Å². The SMILES string of the molecule is CCOC(=O)C1=C(C)N=c2s/c(=C\c3cc(OC)c(OCc4ccccc4)cc3[N+](=O)[O-])c(=O)n2[C@@H]1c1ccc(OC)cc1OC. The third kappa shape index (κ3) is 6.22. The lowest BCUT2D eigenvalue weighted by Gasteiger charge is -2.26. The van der Waals surface area contributed by atoms with Gasteiger partial charge in [-0.15, -0.1) is 0 Å². The molecule has 0 spiro atoms. The van der Waals surface area contributed by atoms with E-state index in [1.807, 2.05) is 30.3 Å². The summed E-state index contributed by atoms with van der Waals surface area (Å²) in [5.74, 6) is 0.693. The maximum atomic E-state index is 14.1. The molecule has 0 amide bonds. The standard InChI is InChI=1S/C33H31N3O9S/c1-6-44-32(38)29-19(2)34-33-35(30(29)23-13-12-22(41-3)16-25(23)42-4)31(37)28(46-33)15-21-14-26(43-5)27(17-24(21)36(39)40)45-18-20-10-8-7-9-11-20/h7-17,30H,6,18H2,1-5H3/b28-15-/t30-/m1/s1. The first-order valence-electron chi connectivity index (χ1n) is 14.1. The molecule has 13 heteroatoms. The topological polar surface area (TPSA) is 141 Å². The average molecular weight is 646 g/mol. The van der Waals surface area contributed by atoms with Crippen molar-refractivity contribution >= 4 is 29.1 Å². The highest BCUT2D eigenvalue weighted by Gasteiger charge is 2.35. The highest BCUT2D eigenvalue weighted by molar-refractivity contribution is 7.07. The van der Waals surface area contributed by atoms with Gasteiger partial charge >= 0.3 is 5.97 Å². The van der Waals surface area contributed by atoms with Gasteiger partial charge in [0.2, 0.25) is 0 Å². The highest BCUT2D eigenvalue weighted by atomic mass is 32.1. The molecule has 5 rings (SSSR count). The number of rotatable bonds is 11. The van der Waals surface area contributed by atoms with E-state index in [1.54, 1.807) is 32.0 Å². The van der Waals surface area contributed by atoms with Crippen LogP contribution in [0, 0.1) is 10.1 Å². The van der Waals surface area contributed by atoms with Crippen LogP contribution in [0.15, 0.2) is 81.7 Å². The summed E-state index contributed by atoms with van der Waals surface area (Å²) in [4.78, 5) is 43.9. The minimum absolute atomic E-state index is 0.114. The van der Waals surface area contributed by atoms with Crippen molar-refractivity contribution in [1.29, 1.82) is 0 Å². The van der Waals surface area contributed by atoms with Gasteiger partial charge in [-0.2, -0.15) is 0 Å². The molecule has 46 heavy (non-hydrogen) atoms. The molecule has 0 saturated carbocycles. The number of ether oxygens (including phenoxy) is 5. The van der Waals surface area contributed by atoms with Crippen molar-refractivity contribution < 1.29 is 33.4 Å². The summed E-state index contributed by atoms with van der Waals surface area (Å²) in [6, 6.07) is 16.2. The van der Waals surface area contributed by atoms with E-state index in [2.05, 4.69) is 4.99 Å². The number of fused-ring (bicyclic) bond motifs is 1. The van der Waals surface area contributed by atoms with Gasteiger partial charge in [-0.05, 0) is 43.7 Å². The van der Waals surface area contributed by atoms with E-state index in [0.717, 1.165) is 16.9 Å². The minimum atomic E-state index is -0.961. The first-order chi connectivity index (χ1) is 22.2. The second kappa shape index (κ2) is 13.7. The molecule has 238 valence electrons. The summed E-state index contributed by atoms with van der Waals surface area (Å²) in [6.07, 6.45) is 1.41. The van der Waals surface area contributed by atoms with Gasteiger partial charge in [0.05, 0.1) is 60.3 Å². The molecule has 1 aromatic heterocycles. The molecule has 0 unspecified atom stereocenters. The van der Waals surface area contributed by atoms with Crippen LogP contribution in [0.1, 0.15) is 36.6 Å². The molecule has 0 N–H and O–H groups in total. The third-order valence-electron chi connectivity index (χ3n) is 7.29. The Balaban J connectivity index is 1.68. The van der Waals surface area contributed by atoms with Crippen LogP contribution in [0.25, 0.3) is 6.08 Å². The molecule has 1 atom stereocenters. The zero-order valence-electron chi connectivity index (χ0n) is 25.8. The molecule has 0 fully saturated rings. The van der Waals surface area contributed by atoms with Gasteiger partial charge in [-0.3, -0.25) is 19.5 Å². The van der Waals surface area contributed by atoms with E-state index in [-0.39, 0.29) is 46.1 Å². The summed E-state index contributed by atoms with van der Waals surface area (Å²) >= 11 is 1.03. The van der Waals surface area contributed by atoms with Crippen LogP contribution < -0.4 is 33.8 Å². The number of nitrogens with zero attached hydrogens (tertiary/aromatic N) is 3. The normalized spacial score (nSPS) is 14.3. The number of benzene rings is 3. The summed E-state index contributed by atoms with van der Waals surface area (Å²) < 4.78 is 29.3. The molecule has 0 saturated heterocycles. The minimum Gasteiger partial charge on any atom is -0.497 e. The van der Waals surface area contributed by atoms with Crippen molar-refractivity contribution in [3.05, 3.63) is 118 Å². The Bertz CT molecular complexity index is 2020. The summed E-state index contributed by atoms with van der Waals surface area (Å²) in [5, 5.41) is 12.2. The van der Waals surface area contributed by atoms with Gasteiger partial charge in [0.25, 0.3) is 11.2 Å². The van der Waals surface area contributed by atoms with Crippen LogP contribution in [0.4, 0.5) is 5.69 Å². The summed E-state index contributed by atoms with van der Waals surface area (Å²) in [5.41, 5.74) is 1.22. The fraction of sp³-hybridized carbons (Fsp3) is 0.242. The van der Waals surface area contributed by atoms with Crippen LogP contribution >= 0.6 is 11.3 Å². The number of nitro benzene ring substituents is 1. The maximum absolute atomic E-state index is 14.1. The molecule has 2 heterocycles. The Morgan fingerprint density at radius 3 is 2.41 bits per heavy atom. The van der Waals surface area contributed by atoms with E-state index in [1.165, 1.54) is 44.1 Å². The van der Waals surface area contributed by atoms with E-state index in [0.29, 0.717) is 27.6 Å². The first kappa shape index (κ1) is 32.0. The first-order valence-corrected chi connectivity index (χ1v) is 15.0. The number of methoxy groups -OCH3 is 3. The van der Waals surface area contributed by atoms with E-state index < -0.39 is 22.5 Å². The number of hydrogen-bond donors (Lipinski definition) is 0. The molecule has 0 bridgehead atoms. The Hall–Kier alpha value is -5.43. The number of carbonyl (C=O) groups excluding carboxylic acids is 1. The van der Waals surface area contributed by atoms with Crippen molar-refractivity contribution in [3.63, 3.8) is 0 Å². The third-order valence-corrected chi connectivity index (χ3v) is 8.27. The lowest BCUT2D eigenvalue weighted by molar-refractivity contribution is -0.385. The van der Waals surface area contributed by atoms with Crippen molar-refractivity contribution in [2.75, 3.05) is 27.9 Å². The number of hydrogen-bond acceptors (Lipinski definition) is 11. The van der Waals surface area contributed by atoms with E-state index in [9.17, 15) is 19.7 Å². The van der Waals surface area contributed by atoms with Gasteiger partial charge < -0.3 is 23.7 Å². The molecule has 0 aliphatic carbocycles. The van der Waals surface area contributed by atoms with Crippen molar-refractivity contribution in [3.8, 4) is 23.0 Å². The van der Waals surface area contributed by atoms with Crippen LogP contribution in [0.5, 0.6) is 23.0 Å². The maximum Gasteiger partial charge on any atom is 0.338 e. The number of thiazole rings is 1. The fourth-order valence-corrected chi connectivity index (χ4v) is 6.16. The number of aromatic nitrogens is 1. The van der Waals surface area contributed by atoms with Gasteiger partial charge in [0.1, 0.15) is 24.1 Å². The molecule has 1 aliphatic rings. The zero-order chi connectivity index (χ0) is 33.0. The Kier molecular flexibility index (Phi) is 9.52. The van der Waals surface area contributed by atoms with E-state index >= 15 is 0 Å². The van der Waals surface area contributed by atoms with Crippen LogP contribution in [-0.4, -0.2) is 43.4 Å². The molecule has 4 aromatic rings. The Labute approximate surface area is 267 Å². The van der Waals surface area contributed by atoms with Gasteiger partial charge in [-0.1, -0.05) is 41.7 Å². The molecule has 0 radical (unpaired) electrons. The number of carbonyl (C=O) groups is 1. The summed E-state index contributed by atoms with van der Waals surface area (Å²) in [6.45, 7) is 3.63. The smallest absolute Gasteiger partial charge is 0.338 e. The quantitative estimate of drug-likeness (QED) is 0.133. The predicted molar refractivity (Wildman–Crippen MR) is 170 cm³/mol. The Morgan fingerprint density at radius 1 is 1.02 bits per heavy atom. The van der Waals surface area contributed by atoms with Gasteiger partial charge in [0, 0.05) is 11.6 Å². The molecular weight excluding hydrogens is 614 g/mol. The molecule has 12 nitrogen and oxygen atoms in total. The number of allylic oxidation sites excluding steroid dienone is 1. The molecule has 3 aromatic carbocycles. The second-order valence-corrected chi connectivity index (χ2v) is 11.0. The molecule has 1 aliphatic heterocycles. The largest absolute Gasteiger partial charge is 0.497 e. The summed E-state index contributed by atoms with van der Waals surface area (Å²) in [7, 11) is 4.42. The number of nitro groups is 1. The monoisotopic (exact) mass is 645 g/mol. The average Bonchev–Trinajstić information content (AvgIpc) is 3.36. The highest BCUT2D eigenvalue weighted by Crippen LogP contribution is 2.38. The second-order valence-electron chi connectivity index (χ2n) is 10.0. The van der Waals surface area contributed by atoms with Crippen LogP contribution in [0.3, 0.4) is 0 Å². The van der Waals surface area contributed by atoms with Crippen molar-refractivity contribution in [1.82, 2.24) is 4.57 Å². The lowest BCUT2D eigenvalue weighted by Crippen LogP contribution is -2.40. The van der Waals surface area contributed by atoms with Crippen molar-refractivity contribution in [2.24, 2.45) is 4.99 Å². The fourth-order valence-electron chi connectivity index (χ4n) is 5.12. The van der Waals surface area contributed by atoms with Gasteiger partial charge in [-0.25, -0.2) is 9.79 Å². The predicted octanol–water partition coefficient (Wildman–Crippen LogP) is 4.31. The van der Waals surface area contributed by atoms with E-state index in [4.69, 9.17) is 23.7 Å². The Morgan fingerprint density at radius 2 is 1.76 bits per heavy atom. The lowest BCUT2D eigenvalue weighted by atomic mass is 9.95. The van der Waals surface area contributed by atoms with Crippen LogP contribution in [0.2, 0.25) is 0 Å². The number of esters is 1. The van der Waals surface area contributed by atoms with Gasteiger partial charge in [0.15, 0.2) is 16.3 Å².